The van der Waals surface area contributed by atoms with Crippen molar-refractivity contribution in [2.24, 2.45) is 0 Å². The van der Waals surface area contributed by atoms with Crippen molar-refractivity contribution in [1.82, 2.24) is 15.0 Å². The van der Waals surface area contributed by atoms with Crippen molar-refractivity contribution in [3.8, 4) is 5.75 Å². The second-order valence-electron chi connectivity index (χ2n) is 6.61. The Hall–Kier alpha value is -2.10. The van der Waals surface area contributed by atoms with Gasteiger partial charge in [-0.2, -0.15) is 13.2 Å². The van der Waals surface area contributed by atoms with Crippen molar-refractivity contribution >= 4 is 40.4 Å². The van der Waals surface area contributed by atoms with Crippen LogP contribution >= 0.6 is 34.5 Å². The van der Waals surface area contributed by atoms with Crippen LogP contribution in [0.25, 0.3) is 0 Å². The first kappa shape index (κ1) is 23.6. The zero-order chi connectivity index (χ0) is 22.4. The molecular weight excluding hydrogens is 472 g/mol. The van der Waals surface area contributed by atoms with Gasteiger partial charge in [0.15, 0.2) is 16.9 Å². The number of hydrogen-bond acceptors (Lipinski definition) is 6. The van der Waals surface area contributed by atoms with E-state index in [0.29, 0.717) is 41.2 Å². The molecule has 11 heteroatoms. The molecule has 0 aliphatic carbocycles. The molecule has 0 amide bonds. The lowest BCUT2D eigenvalue weighted by Crippen LogP contribution is -2.26. The molecule has 3 rings (SSSR count). The molecule has 0 aliphatic rings. The van der Waals surface area contributed by atoms with E-state index < -0.39 is 12.8 Å². The van der Waals surface area contributed by atoms with E-state index in [-0.39, 0.29) is 5.75 Å². The number of thiazole rings is 1. The van der Waals surface area contributed by atoms with Crippen molar-refractivity contribution in [3.05, 3.63) is 62.4 Å². The smallest absolute Gasteiger partial charge is 0.422 e. The monoisotopic (exact) mass is 490 g/mol. The largest absolute Gasteiger partial charge is 0.484 e. The van der Waals surface area contributed by atoms with Crippen LogP contribution in [-0.2, 0) is 19.4 Å². The van der Waals surface area contributed by atoms with Gasteiger partial charge in [0.25, 0.3) is 0 Å². The molecule has 3 aromatic rings. The van der Waals surface area contributed by atoms with Crippen LogP contribution in [0.1, 0.15) is 23.1 Å². The molecule has 0 N–H and O–H groups in total. The number of aromatic nitrogens is 3. The van der Waals surface area contributed by atoms with E-state index in [0.717, 1.165) is 16.1 Å². The number of ether oxygens (including phenoxy) is 1. The Kier molecular flexibility index (Phi) is 7.96. The van der Waals surface area contributed by atoms with E-state index in [1.807, 2.05) is 11.8 Å². The van der Waals surface area contributed by atoms with Gasteiger partial charge < -0.3 is 9.64 Å². The molecule has 2 aromatic heterocycles. The quantitative estimate of drug-likeness (QED) is 0.368. The van der Waals surface area contributed by atoms with Crippen molar-refractivity contribution in [1.29, 1.82) is 0 Å². The van der Waals surface area contributed by atoms with Crippen molar-refractivity contribution < 1.29 is 17.9 Å². The standard InChI is InChI=1S/C20H19Cl2F3N4OS/c1-2-16-17(21)18(28-12-27-16)29(10-15-9-26-19(22)31-15)8-7-13-3-5-14(6-4-13)30-11-20(23,24)25/h3-6,9,12H,2,7-8,10-11H2,1H3. The summed E-state index contributed by atoms with van der Waals surface area (Å²) in [5, 5.41) is 0.497. The third kappa shape index (κ3) is 6.95. The molecule has 0 aliphatic heterocycles. The van der Waals surface area contributed by atoms with E-state index in [1.165, 1.54) is 29.8 Å². The highest BCUT2D eigenvalue weighted by Gasteiger charge is 2.28. The van der Waals surface area contributed by atoms with E-state index in [1.54, 1.807) is 18.3 Å². The Morgan fingerprint density at radius 2 is 1.84 bits per heavy atom. The molecular formula is C20H19Cl2F3N4OS. The lowest BCUT2D eigenvalue weighted by Gasteiger charge is -2.24. The first-order valence-electron chi connectivity index (χ1n) is 9.38. The Balaban J connectivity index is 1.73. The number of nitrogens with zero attached hydrogens (tertiary/aromatic N) is 4. The molecule has 5 nitrogen and oxygen atoms in total. The minimum atomic E-state index is -4.37. The molecule has 166 valence electrons. The summed E-state index contributed by atoms with van der Waals surface area (Å²) in [6.45, 7) is 1.73. The third-order valence-electron chi connectivity index (χ3n) is 4.35. The van der Waals surface area contributed by atoms with Gasteiger partial charge in [0.05, 0.1) is 12.2 Å². The lowest BCUT2D eigenvalue weighted by atomic mass is 10.1. The van der Waals surface area contributed by atoms with Gasteiger partial charge in [0.2, 0.25) is 0 Å². The summed E-state index contributed by atoms with van der Waals surface area (Å²) < 4.78 is 42.1. The number of anilines is 1. The third-order valence-corrected chi connectivity index (χ3v) is 5.83. The van der Waals surface area contributed by atoms with Crippen LogP contribution < -0.4 is 9.64 Å². The molecule has 0 saturated heterocycles. The summed E-state index contributed by atoms with van der Waals surface area (Å²) in [6.07, 6.45) is 0.122. The van der Waals surface area contributed by atoms with Crippen LogP contribution in [0.15, 0.2) is 36.8 Å². The van der Waals surface area contributed by atoms with Gasteiger partial charge in [0.1, 0.15) is 17.1 Å². The van der Waals surface area contributed by atoms with Crippen LogP contribution in [0, 0.1) is 0 Å². The summed E-state index contributed by atoms with van der Waals surface area (Å²) in [7, 11) is 0. The molecule has 0 atom stereocenters. The van der Waals surface area contributed by atoms with Crippen LogP contribution in [0.5, 0.6) is 5.75 Å². The van der Waals surface area contributed by atoms with Crippen LogP contribution in [0.2, 0.25) is 9.49 Å². The zero-order valence-electron chi connectivity index (χ0n) is 16.5. The molecule has 0 saturated carbocycles. The maximum Gasteiger partial charge on any atom is 0.422 e. The first-order valence-corrected chi connectivity index (χ1v) is 11.0. The molecule has 0 unspecified atom stereocenters. The summed E-state index contributed by atoms with van der Waals surface area (Å²) in [6, 6.07) is 6.54. The van der Waals surface area contributed by atoms with Crippen LogP contribution in [0.3, 0.4) is 0 Å². The van der Waals surface area contributed by atoms with Gasteiger partial charge in [-0.05, 0) is 30.5 Å². The second kappa shape index (κ2) is 10.5. The Morgan fingerprint density at radius 1 is 1.10 bits per heavy atom. The number of alkyl halides is 3. The summed E-state index contributed by atoms with van der Waals surface area (Å²) in [5.41, 5.74) is 1.69. The van der Waals surface area contributed by atoms with Gasteiger partial charge in [0, 0.05) is 17.6 Å². The average Bonchev–Trinajstić information content (AvgIpc) is 3.15. The molecule has 0 radical (unpaired) electrons. The SMILES string of the molecule is CCc1ncnc(N(CCc2ccc(OCC(F)(F)F)cc2)Cc2cnc(Cl)s2)c1Cl. The summed E-state index contributed by atoms with van der Waals surface area (Å²) >= 11 is 13.9. The normalized spacial score (nSPS) is 11.5. The number of rotatable bonds is 9. The topological polar surface area (TPSA) is 51.1 Å². The highest BCUT2D eigenvalue weighted by Crippen LogP contribution is 2.29. The average molecular weight is 491 g/mol. The second-order valence-corrected chi connectivity index (χ2v) is 8.69. The fourth-order valence-corrected chi connectivity index (χ4v) is 4.19. The van der Waals surface area contributed by atoms with Gasteiger partial charge in [-0.15, -0.1) is 11.3 Å². The van der Waals surface area contributed by atoms with E-state index >= 15 is 0 Å². The highest BCUT2D eigenvalue weighted by atomic mass is 35.5. The number of aryl methyl sites for hydroxylation is 1. The number of halogens is 5. The Morgan fingerprint density at radius 3 is 2.45 bits per heavy atom. The molecule has 1 aromatic carbocycles. The first-order chi connectivity index (χ1) is 14.7. The maximum atomic E-state index is 12.3. The maximum absolute atomic E-state index is 12.3. The predicted octanol–water partition coefficient (Wildman–Crippen LogP) is 5.99. The van der Waals surface area contributed by atoms with E-state index in [2.05, 4.69) is 15.0 Å². The molecule has 0 spiro atoms. The van der Waals surface area contributed by atoms with Crippen molar-refractivity contribution in [2.45, 2.75) is 32.5 Å². The summed E-state index contributed by atoms with van der Waals surface area (Å²) in [4.78, 5) is 15.6. The van der Waals surface area contributed by atoms with Gasteiger partial charge in [-0.25, -0.2) is 15.0 Å². The van der Waals surface area contributed by atoms with Crippen LogP contribution in [0.4, 0.5) is 19.0 Å². The number of hydrogen-bond donors (Lipinski definition) is 0. The molecule has 2 heterocycles. The molecule has 0 fully saturated rings. The fraction of sp³-hybridized carbons (Fsp3) is 0.350. The van der Waals surface area contributed by atoms with Crippen molar-refractivity contribution in [3.63, 3.8) is 0 Å². The highest BCUT2D eigenvalue weighted by molar-refractivity contribution is 7.15. The Labute approximate surface area is 191 Å². The lowest BCUT2D eigenvalue weighted by molar-refractivity contribution is -0.153. The van der Waals surface area contributed by atoms with E-state index in [9.17, 15) is 13.2 Å². The fourth-order valence-electron chi connectivity index (χ4n) is 2.85. The minimum Gasteiger partial charge on any atom is -0.484 e. The molecule has 31 heavy (non-hydrogen) atoms. The molecule has 0 bridgehead atoms. The van der Waals surface area contributed by atoms with Gasteiger partial charge >= 0.3 is 6.18 Å². The summed E-state index contributed by atoms with van der Waals surface area (Å²) in [5.74, 6) is 0.784. The van der Waals surface area contributed by atoms with Gasteiger partial charge in [-0.3, -0.25) is 0 Å². The van der Waals surface area contributed by atoms with Crippen molar-refractivity contribution in [2.75, 3.05) is 18.1 Å². The predicted molar refractivity (Wildman–Crippen MR) is 116 cm³/mol. The van der Waals surface area contributed by atoms with Crippen LogP contribution in [-0.4, -0.2) is 34.3 Å². The minimum absolute atomic E-state index is 0.170. The van der Waals surface area contributed by atoms with Gasteiger partial charge in [-0.1, -0.05) is 42.3 Å². The Bertz CT molecular complexity index is 999. The van der Waals surface area contributed by atoms with E-state index in [4.69, 9.17) is 27.9 Å². The zero-order valence-corrected chi connectivity index (χ0v) is 18.8. The number of benzene rings is 1.